The van der Waals surface area contributed by atoms with Crippen LogP contribution in [0, 0.1) is 0 Å². The van der Waals surface area contributed by atoms with Crippen molar-refractivity contribution in [3.05, 3.63) is 45.5 Å². The highest BCUT2D eigenvalue weighted by Crippen LogP contribution is 2.38. The molecule has 5 rings (SSSR count). The van der Waals surface area contributed by atoms with E-state index in [1.165, 1.54) is 10.4 Å². The van der Waals surface area contributed by atoms with Crippen molar-refractivity contribution in [2.75, 3.05) is 18.5 Å². The van der Waals surface area contributed by atoms with Crippen LogP contribution in [0.15, 0.2) is 29.5 Å². The van der Waals surface area contributed by atoms with Gasteiger partial charge in [-0.1, -0.05) is 0 Å². The van der Waals surface area contributed by atoms with Crippen LogP contribution in [0.5, 0.6) is 0 Å². The van der Waals surface area contributed by atoms with Gasteiger partial charge in [0.2, 0.25) is 0 Å². The molecule has 0 radical (unpaired) electrons. The van der Waals surface area contributed by atoms with Gasteiger partial charge in [-0.05, 0) is 43.0 Å². The molecule has 2 aliphatic rings. The third-order valence-corrected chi connectivity index (χ3v) is 6.19. The lowest BCUT2D eigenvalue weighted by Gasteiger charge is -2.23. The zero-order valence-electron chi connectivity index (χ0n) is 14.2. The van der Waals surface area contributed by atoms with Crippen molar-refractivity contribution >= 4 is 39.3 Å². The van der Waals surface area contributed by atoms with Crippen molar-refractivity contribution in [2.24, 2.45) is 4.99 Å². The second-order valence-corrected chi connectivity index (χ2v) is 7.76. The van der Waals surface area contributed by atoms with E-state index in [4.69, 9.17) is 5.11 Å². The molecule has 0 fully saturated rings. The number of aliphatic hydroxyl groups excluding tert-OH is 1. The molecule has 1 aromatic carbocycles. The van der Waals surface area contributed by atoms with E-state index in [-0.39, 0.29) is 6.61 Å². The molecular formula is C19H19N5OS. The first kappa shape index (κ1) is 15.9. The minimum Gasteiger partial charge on any atom is -0.395 e. The highest BCUT2D eigenvalue weighted by Gasteiger charge is 2.24. The van der Waals surface area contributed by atoms with Crippen molar-refractivity contribution < 1.29 is 5.11 Å². The number of rotatable bonds is 5. The van der Waals surface area contributed by atoms with E-state index in [1.54, 1.807) is 17.7 Å². The van der Waals surface area contributed by atoms with Gasteiger partial charge in [0.25, 0.3) is 0 Å². The molecule has 1 aliphatic heterocycles. The number of aryl methyl sites for hydroxylation is 1. The summed E-state index contributed by atoms with van der Waals surface area (Å²) in [6.07, 6.45) is 6.59. The quantitative estimate of drug-likeness (QED) is 0.634. The molecule has 132 valence electrons. The molecule has 3 heterocycles. The molecule has 0 saturated carbocycles. The maximum absolute atomic E-state index is 9.03. The molecule has 3 aromatic rings. The van der Waals surface area contributed by atoms with E-state index >= 15 is 0 Å². The summed E-state index contributed by atoms with van der Waals surface area (Å²) in [6, 6.07) is 6.59. The van der Waals surface area contributed by atoms with Crippen LogP contribution < -0.4 is 21.2 Å². The highest BCUT2D eigenvalue weighted by molar-refractivity contribution is 7.19. The smallest absolute Gasteiger partial charge is 0.142 e. The van der Waals surface area contributed by atoms with Crippen molar-refractivity contribution in [3.63, 3.8) is 0 Å². The van der Waals surface area contributed by atoms with Crippen LogP contribution in [0.2, 0.25) is 0 Å². The number of aromatic nitrogens is 2. The Balaban J connectivity index is 1.49. The summed E-state index contributed by atoms with van der Waals surface area (Å²) in [5.74, 6) is 0.880. The summed E-state index contributed by atoms with van der Waals surface area (Å²) in [5.41, 5.74) is 2.40. The topological polar surface area (TPSA) is 82.4 Å². The summed E-state index contributed by atoms with van der Waals surface area (Å²) in [4.78, 5) is 15.7. The molecular weight excluding hydrogens is 346 g/mol. The highest BCUT2D eigenvalue weighted by atomic mass is 32.1. The number of hydrogen-bond acceptors (Lipinski definition) is 7. The first-order chi connectivity index (χ1) is 12.8. The second kappa shape index (κ2) is 6.42. The fourth-order valence-corrected chi connectivity index (χ4v) is 4.98. The molecule has 0 spiro atoms. The van der Waals surface area contributed by atoms with Gasteiger partial charge in [0, 0.05) is 34.6 Å². The SMILES string of the molecule is OCCNC1CCc2c(sc3ncnc(Nc4ccc5c(c4)=CN=5)c23)C1. The van der Waals surface area contributed by atoms with E-state index in [9.17, 15) is 0 Å². The number of anilines is 2. The van der Waals surface area contributed by atoms with Gasteiger partial charge in [-0.15, -0.1) is 11.3 Å². The van der Waals surface area contributed by atoms with Gasteiger partial charge < -0.3 is 15.7 Å². The third-order valence-electron chi connectivity index (χ3n) is 5.02. The predicted molar refractivity (Wildman–Crippen MR) is 103 cm³/mol. The van der Waals surface area contributed by atoms with Crippen LogP contribution in [0.4, 0.5) is 11.5 Å². The Morgan fingerprint density at radius 1 is 1.27 bits per heavy atom. The molecule has 1 atom stereocenters. The fourth-order valence-electron chi connectivity index (χ4n) is 3.71. The summed E-state index contributed by atoms with van der Waals surface area (Å²) < 4.78 is 0. The van der Waals surface area contributed by atoms with Crippen LogP contribution in [0.1, 0.15) is 16.9 Å². The standard InChI is InChI=1S/C19H19N5OS/c25-6-5-20-12-1-3-14-16(8-12)26-19-17(14)18(22-10-23-19)24-13-2-4-15-11(7-13)9-21-15/h2,4,7,9-10,12,20,25H,1,3,5-6,8H2,(H,22,23,24). The summed E-state index contributed by atoms with van der Waals surface area (Å²) in [5, 5.41) is 19.3. The Hall–Kier alpha value is -2.35. The number of nitrogens with zero attached hydrogens (tertiary/aromatic N) is 3. The lowest BCUT2D eigenvalue weighted by Crippen LogP contribution is -2.35. The van der Waals surface area contributed by atoms with Crippen LogP contribution in [-0.4, -0.2) is 34.3 Å². The molecule has 2 aromatic heterocycles. The summed E-state index contributed by atoms with van der Waals surface area (Å²) in [7, 11) is 0. The van der Waals surface area contributed by atoms with E-state index in [1.807, 2.05) is 18.3 Å². The summed E-state index contributed by atoms with van der Waals surface area (Å²) in [6.45, 7) is 0.833. The van der Waals surface area contributed by atoms with Crippen molar-refractivity contribution in [3.8, 4) is 0 Å². The van der Waals surface area contributed by atoms with Crippen LogP contribution >= 0.6 is 11.3 Å². The van der Waals surface area contributed by atoms with E-state index in [0.29, 0.717) is 12.6 Å². The first-order valence-corrected chi connectivity index (χ1v) is 9.68. The number of thiophene rings is 1. The Morgan fingerprint density at radius 2 is 2.23 bits per heavy atom. The Morgan fingerprint density at radius 3 is 3.04 bits per heavy atom. The van der Waals surface area contributed by atoms with Crippen molar-refractivity contribution in [2.45, 2.75) is 25.3 Å². The molecule has 6 nitrogen and oxygen atoms in total. The maximum atomic E-state index is 9.03. The minimum atomic E-state index is 0.181. The summed E-state index contributed by atoms with van der Waals surface area (Å²) >= 11 is 1.76. The fraction of sp³-hybridized carbons (Fsp3) is 0.316. The molecule has 0 amide bonds. The number of fused-ring (bicyclic) bond motifs is 4. The van der Waals surface area contributed by atoms with E-state index < -0.39 is 0 Å². The van der Waals surface area contributed by atoms with Gasteiger partial charge in [-0.25, -0.2) is 9.97 Å². The molecule has 1 unspecified atom stereocenters. The lowest BCUT2D eigenvalue weighted by molar-refractivity contribution is 0.280. The van der Waals surface area contributed by atoms with Crippen molar-refractivity contribution in [1.82, 2.24) is 15.3 Å². The van der Waals surface area contributed by atoms with Gasteiger partial charge in [0.15, 0.2) is 0 Å². The lowest BCUT2D eigenvalue weighted by atomic mass is 9.93. The largest absolute Gasteiger partial charge is 0.395 e. The number of nitrogens with one attached hydrogen (secondary N) is 2. The van der Waals surface area contributed by atoms with Crippen LogP contribution in [0.25, 0.3) is 16.4 Å². The van der Waals surface area contributed by atoms with Gasteiger partial charge >= 0.3 is 0 Å². The predicted octanol–water partition coefficient (Wildman–Crippen LogP) is 1.25. The van der Waals surface area contributed by atoms with Crippen LogP contribution in [0.3, 0.4) is 0 Å². The Labute approximate surface area is 154 Å². The molecule has 0 saturated heterocycles. The number of aliphatic hydroxyl groups is 1. The van der Waals surface area contributed by atoms with E-state index in [2.05, 4.69) is 31.7 Å². The monoisotopic (exact) mass is 365 g/mol. The van der Waals surface area contributed by atoms with Gasteiger partial charge in [0.05, 0.1) is 17.4 Å². The molecule has 7 heteroatoms. The number of benzene rings is 1. The van der Waals surface area contributed by atoms with Gasteiger partial charge in [0.1, 0.15) is 17.0 Å². The molecule has 26 heavy (non-hydrogen) atoms. The maximum Gasteiger partial charge on any atom is 0.142 e. The average Bonchev–Trinajstić information content (AvgIpc) is 3.01. The van der Waals surface area contributed by atoms with Crippen molar-refractivity contribution in [1.29, 1.82) is 0 Å². The molecule has 0 bridgehead atoms. The first-order valence-electron chi connectivity index (χ1n) is 8.86. The van der Waals surface area contributed by atoms with Gasteiger partial charge in [-0.2, -0.15) is 0 Å². The molecule has 1 aliphatic carbocycles. The van der Waals surface area contributed by atoms with Crippen LogP contribution in [-0.2, 0) is 12.8 Å². The van der Waals surface area contributed by atoms with E-state index in [0.717, 1.165) is 51.6 Å². The molecule has 3 N–H and O–H groups in total. The normalized spacial score (nSPS) is 17.7. The van der Waals surface area contributed by atoms with Gasteiger partial charge in [-0.3, -0.25) is 4.99 Å². The second-order valence-electron chi connectivity index (χ2n) is 6.68. The zero-order valence-corrected chi connectivity index (χ0v) is 15.0. The number of hydrogen-bond donors (Lipinski definition) is 3. The minimum absolute atomic E-state index is 0.181. The Kier molecular flexibility index (Phi) is 3.92. The third kappa shape index (κ3) is 2.68. The average molecular weight is 365 g/mol. The zero-order chi connectivity index (χ0) is 17.5. The Bertz CT molecular complexity index is 1110.